The fraction of sp³-hybridized carbons (Fsp3) is 0.0175. The summed E-state index contributed by atoms with van der Waals surface area (Å²) in [4.78, 5) is 0. The highest BCUT2D eigenvalue weighted by Crippen LogP contribution is 2.47. The SMILES string of the molecule is c1ccc(-c2nnc(-c3ccccc3)n2-c2ccc3c(c2)c2ccccc2n3-c2ccccc2-c2ccccc2-n2c3ccccc3c3ccc4c(c32)-c2ccccc2C4)cc1. The van der Waals surface area contributed by atoms with Crippen LogP contribution < -0.4 is 0 Å². The van der Waals surface area contributed by atoms with E-state index in [0.717, 1.165) is 68.2 Å². The molecule has 0 aliphatic heterocycles. The molecule has 13 rings (SSSR count). The van der Waals surface area contributed by atoms with Crippen molar-refractivity contribution in [2.45, 2.75) is 6.42 Å². The molecule has 5 heteroatoms. The molecule has 62 heavy (non-hydrogen) atoms. The average molecular weight is 792 g/mol. The van der Waals surface area contributed by atoms with Gasteiger partial charge in [-0.05, 0) is 65.6 Å². The average Bonchev–Trinajstić information content (AvgIpc) is 4.11. The molecule has 3 aromatic heterocycles. The number of fused-ring (bicyclic) bond motifs is 10. The van der Waals surface area contributed by atoms with Gasteiger partial charge in [0.2, 0.25) is 0 Å². The Bertz CT molecular complexity index is 3660. The number of hydrogen-bond donors (Lipinski definition) is 0. The van der Waals surface area contributed by atoms with Gasteiger partial charge in [-0.25, -0.2) is 0 Å². The van der Waals surface area contributed by atoms with Crippen LogP contribution in [0.15, 0.2) is 212 Å². The molecule has 0 N–H and O–H groups in total. The van der Waals surface area contributed by atoms with Crippen molar-refractivity contribution in [3.8, 4) is 62.1 Å². The molecule has 0 fully saturated rings. The summed E-state index contributed by atoms with van der Waals surface area (Å²) in [6.45, 7) is 0. The Morgan fingerprint density at radius 1 is 0.339 bits per heavy atom. The summed E-state index contributed by atoms with van der Waals surface area (Å²) in [5.41, 5.74) is 17.8. The van der Waals surface area contributed by atoms with Crippen LogP contribution in [0.4, 0.5) is 0 Å². The van der Waals surface area contributed by atoms with Crippen LogP contribution in [0.5, 0.6) is 0 Å². The van der Waals surface area contributed by atoms with E-state index in [-0.39, 0.29) is 0 Å². The first kappa shape index (κ1) is 34.6. The Balaban J connectivity index is 1.04. The fourth-order valence-electron chi connectivity index (χ4n) is 10.2. The fourth-order valence-corrected chi connectivity index (χ4v) is 10.2. The molecule has 9 aromatic carbocycles. The Morgan fingerprint density at radius 3 is 1.53 bits per heavy atom. The normalized spacial score (nSPS) is 12.1. The van der Waals surface area contributed by atoms with Crippen molar-refractivity contribution in [3.63, 3.8) is 0 Å². The minimum absolute atomic E-state index is 0.800. The summed E-state index contributed by atoms with van der Waals surface area (Å²) in [6.07, 6.45) is 0.946. The van der Waals surface area contributed by atoms with Crippen LogP contribution in [-0.4, -0.2) is 23.9 Å². The molecule has 0 atom stereocenters. The van der Waals surface area contributed by atoms with Gasteiger partial charge in [0.05, 0.1) is 39.1 Å². The van der Waals surface area contributed by atoms with E-state index in [1.54, 1.807) is 0 Å². The van der Waals surface area contributed by atoms with Gasteiger partial charge in [0, 0.05) is 49.4 Å². The second kappa shape index (κ2) is 13.6. The molecule has 3 heterocycles. The first-order valence-corrected chi connectivity index (χ1v) is 21.2. The minimum atomic E-state index is 0.800. The number of nitrogens with zero attached hydrogens (tertiary/aromatic N) is 5. The minimum Gasteiger partial charge on any atom is -0.309 e. The third kappa shape index (κ3) is 5.09. The first-order chi connectivity index (χ1) is 30.8. The van der Waals surface area contributed by atoms with Gasteiger partial charge in [-0.2, -0.15) is 0 Å². The van der Waals surface area contributed by atoms with E-state index in [2.05, 4.69) is 214 Å². The second-order valence-electron chi connectivity index (χ2n) is 16.2. The molecule has 5 nitrogen and oxygen atoms in total. The van der Waals surface area contributed by atoms with Crippen molar-refractivity contribution in [2.75, 3.05) is 0 Å². The van der Waals surface area contributed by atoms with Crippen LogP contribution in [-0.2, 0) is 6.42 Å². The van der Waals surface area contributed by atoms with Gasteiger partial charge in [-0.1, -0.05) is 170 Å². The zero-order chi connectivity index (χ0) is 40.7. The number of benzene rings is 9. The lowest BCUT2D eigenvalue weighted by atomic mass is 9.99. The maximum Gasteiger partial charge on any atom is 0.168 e. The Kier molecular flexibility index (Phi) is 7.60. The molecule has 0 bridgehead atoms. The molecular weight excluding hydrogens is 755 g/mol. The molecule has 12 aromatic rings. The van der Waals surface area contributed by atoms with Crippen molar-refractivity contribution >= 4 is 43.6 Å². The van der Waals surface area contributed by atoms with Gasteiger partial charge < -0.3 is 9.13 Å². The molecule has 0 saturated carbocycles. The Morgan fingerprint density at radius 2 is 0.855 bits per heavy atom. The lowest BCUT2D eigenvalue weighted by Gasteiger charge is -2.19. The maximum absolute atomic E-state index is 4.78. The van der Waals surface area contributed by atoms with Crippen LogP contribution in [0.3, 0.4) is 0 Å². The molecule has 0 unspecified atom stereocenters. The Labute approximate surface area is 358 Å². The number of para-hydroxylation sites is 4. The monoisotopic (exact) mass is 791 g/mol. The molecule has 0 amide bonds. The summed E-state index contributed by atoms with van der Waals surface area (Å²) >= 11 is 0. The zero-order valence-electron chi connectivity index (χ0n) is 33.7. The van der Waals surface area contributed by atoms with Crippen molar-refractivity contribution in [3.05, 3.63) is 223 Å². The smallest absolute Gasteiger partial charge is 0.168 e. The van der Waals surface area contributed by atoms with Crippen molar-refractivity contribution in [1.82, 2.24) is 23.9 Å². The quantitative estimate of drug-likeness (QED) is 0.168. The van der Waals surface area contributed by atoms with Crippen molar-refractivity contribution < 1.29 is 0 Å². The zero-order valence-corrected chi connectivity index (χ0v) is 33.7. The largest absolute Gasteiger partial charge is 0.309 e. The van der Waals surface area contributed by atoms with Crippen molar-refractivity contribution in [1.29, 1.82) is 0 Å². The van der Waals surface area contributed by atoms with Gasteiger partial charge in [0.1, 0.15) is 0 Å². The topological polar surface area (TPSA) is 40.6 Å². The molecule has 290 valence electrons. The van der Waals surface area contributed by atoms with Crippen LogP contribution >= 0.6 is 0 Å². The lowest BCUT2D eigenvalue weighted by molar-refractivity contribution is 1.07. The van der Waals surface area contributed by atoms with Gasteiger partial charge in [-0.15, -0.1) is 10.2 Å². The van der Waals surface area contributed by atoms with Crippen LogP contribution in [0.25, 0.3) is 106 Å². The Hall–Kier alpha value is -8.28. The van der Waals surface area contributed by atoms with Gasteiger partial charge >= 0.3 is 0 Å². The highest BCUT2D eigenvalue weighted by atomic mass is 15.3. The van der Waals surface area contributed by atoms with Crippen LogP contribution in [0.1, 0.15) is 11.1 Å². The van der Waals surface area contributed by atoms with Crippen LogP contribution in [0, 0.1) is 0 Å². The molecule has 0 radical (unpaired) electrons. The van der Waals surface area contributed by atoms with E-state index >= 15 is 0 Å². The van der Waals surface area contributed by atoms with E-state index in [9.17, 15) is 0 Å². The van der Waals surface area contributed by atoms with E-state index in [1.807, 2.05) is 12.1 Å². The standard InChI is InChI=1S/C57H37N5/c1-3-17-37(18-4-1)56-58-59-57(38-19-5-2-6-20-38)60(56)41-32-34-53-48(36-41)46-26-12-14-28-50(46)61(53)49-27-13-9-23-43(49)44-24-10-15-29-51(44)62-52-30-16-11-25-45(52)47-33-31-40-35-39-21-7-8-22-42(39)54(40)55(47)62/h1-34,36H,35H2. The molecular formula is C57H37N5. The second-order valence-corrected chi connectivity index (χ2v) is 16.2. The molecule has 1 aliphatic rings. The summed E-state index contributed by atoms with van der Waals surface area (Å²) in [6, 6.07) is 76.5. The van der Waals surface area contributed by atoms with E-state index < -0.39 is 0 Å². The lowest BCUT2D eigenvalue weighted by Crippen LogP contribution is -2.02. The van der Waals surface area contributed by atoms with Gasteiger partial charge in [-0.3, -0.25) is 4.57 Å². The van der Waals surface area contributed by atoms with Crippen molar-refractivity contribution in [2.24, 2.45) is 0 Å². The molecule has 0 spiro atoms. The summed E-state index contributed by atoms with van der Waals surface area (Å²) in [5, 5.41) is 14.4. The predicted octanol–water partition coefficient (Wildman–Crippen LogP) is 14.0. The highest BCUT2D eigenvalue weighted by Gasteiger charge is 2.27. The van der Waals surface area contributed by atoms with E-state index in [4.69, 9.17) is 10.2 Å². The molecule has 0 saturated heterocycles. The number of hydrogen-bond acceptors (Lipinski definition) is 2. The molecule has 1 aliphatic carbocycles. The third-order valence-corrected chi connectivity index (χ3v) is 12.8. The van der Waals surface area contributed by atoms with E-state index in [0.29, 0.717) is 0 Å². The van der Waals surface area contributed by atoms with E-state index in [1.165, 1.54) is 55.0 Å². The highest BCUT2D eigenvalue weighted by molar-refractivity contribution is 6.16. The third-order valence-electron chi connectivity index (χ3n) is 12.8. The van der Waals surface area contributed by atoms with Gasteiger partial charge in [0.25, 0.3) is 0 Å². The maximum atomic E-state index is 4.78. The van der Waals surface area contributed by atoms with Gasteiger partial charge in [0.15, 0.2) is 11.6 Å². The summed E-state index contributed by atoms with van der Waals surface area (Å²) < 4.78 is 7.17. The predicted molar refractivity (Wildman–Crippen MR) is 255 cm³/mol. The summed E-state index contributed by atoms with van der Waals surface area (Å²) in [7, 11) is 0. The summed E-state index contributed by atoms with van der Waals surface area (Å²) in [5.74, 6) is 1.60. The first-order valence-electron chi connectivity index (χ1n) is 21.2. The van der Waals surface area contributed by atoms with Crippen LogP contribution in [0.2, 0.25) is 0 Å². The number of aromatic nitrogens is 5. The number of rotatable bonds is 6.